The first-order chi connectivity index (χ1) is 12.6. The van der Waals surface area contributed by atoms with Gasteiger partial charge in [0.2, 0.25) is 0 Å². The van der Waals surface area contributed by atoms with E-state index in [-0.39, 0.29) is 23.6 Å². The molecule has 3 aromatic rings. The zero-order valence-corrected chi connectivity index (χ0v) is 14.5. The van der Waals surface area contributed by atoms with Gasteiger partial charge in [-0.1, -0.05) is 12.1 Å². The average molecular weight is 353 g/mol. The largest absolute Gasteiger partial charge is 0.494 e. The van der Waals surface area contributed by atoms with Crippen LogP contribution < -0.4 is 4.74 Å². The maximum Gasteiger partial charge on any atom is 0.290 e. The fraction of sp³-hybridized carbons (Fsp3) is 0.300. The molecule has 134 valence electrons. The molecule has 6 heteroatoms. The summed E-state index contributed by atoms with van der Waals surface area (Å²) in [5.74, 6) is 0.565. The summed E-state index contributed by atoms with van der Waals surface area (Å²) in [6.45, 7) is 3.08. The molecule has 1 heterocycles. The number of hydrogen-bond acceptors (Lipinski definition) is 3. The number of nitrogens with zero attached hydrogens (tertiary/aromatic N) is 2. The molecule has 1 aromatic heterocycles. The lowest BCUT2D eigenvalue weighted by Crippen LogP contribution is -2.33. The number of rotatable bonds is 6. The molecule has 1 saturated carbocycles. The van der Waals surface area contributed by atoms with Gasteiger partial charge in [0.1, 0.15) is 11.6 Å². The summed E-state index contributed by atoms with van der Waals surface area (Å²) in [5.41, 5.74) is 2.16. The first-order valence-electron chi connectivity index (χ1n) is 8.82. The smallest absolute Gasteiger partial charge is 0.290 e. The van der Waals surface area contributed by atoms with Crippen LogP contribution in [0.1, 0.15) is 35.9 Å². The average Bonchev–Trinajstić information content (AvgIpc) is 3.39. The van der Waals surface area contributed by atoms with Crippen LogP contribution >= 0.6 is 0 Å². The molecule has 0 aliphatic heterocycles. The van der Waals surface area contributed by atoms with Crippen molar-refractivity contribution in [3.8, 4) is 5.75 Å². The van der Waals surface area contributed by atoms with Gasteiger partial charge in [-0.25, -0.2) is 9.37 Å². The van der Waals surface area contributed by atoms with Crippen molar-refractivity contribution in [3.63, 3.8) is 0 Å². The number of aromatic nitrogens is 2. The van der Waals surface area contributed by atoms with E-state index >= 15 is 0 Å². The van der Waals surface area contributed by atoms with Crippen LogP contribution in [0.15, 0.2) is 42.5 Å². The van der Waals surface area contributed by atoms with Crippen molar-refractivity contribution in [3.05, 3.63) is 59.7 Å². The molecule has 26 heavy (non-hydrogen) atoms. The molecule has 0 atom stereocenters. The topological polar surface area (TPSA) is 58.2 Å². The number of benzene rings is 2. The molecule has 5 nitrogen and oxygen atoms in total. The van der Waals surface area contributed by atoms with E-state index in [0.717, 1.165) is 24.2 Å². The summed E-state index contributed by atoms with van der Waals surface area (Å²) in [7, 11) is 0. The predicted molar refractivity (Wildman–Crippen MR) is 96.6 cm³/mol. The van der Waals surface area contributed by atoms with E-state index in [1.807, 2.05) is 36.1 Å². The summed E-state index contributed by atoms with van der Waals surface area (Å²) in [6, 6.07) is 12.3. The molecule has 0 radical (unpaired) electrons. The Kier molecular flexibility index (Phi) is 4.32. The van der Waals surface area contributed by atoms with E-state index in [1.165, 1.54) is 12.1 Å². The summed E-state index contributed by atoms with van der Waals surface area (Å²) < 4.78 is 18.8. The third kappa shape index (κ3) is 3.40. The fourth-order valence-corrected chi connectivity index (χ4v) is 3.03. The Morgan fingerprint density at radius 1 is 1.27 bits per heavy atom. The lowest BCUT2D eigenvalue weighted by Gasteiger charge is -2.21. The maximum absolute atomic E-state index is 13.4. The highest BCUT2D eigenvalue weighted by Gasteiger charge is 2.34. The number of carbonyl (C=O) groups excluding carboxylic acids is 1. The van der Waals surface area contributed by atoms with Gasteiger partial charge in [-0.05, 0) is 55.7 Å². The first kappa shape index (κ1) is 16.6. The van der Waals surface area contributed by atoms with Crippen molar-refractivity contribution in [2.45, 2.75) is 32.4 Å². The Bertz CT molecular complexity index is 932. The fourth-order valence-electron chi connectivity index (χ4n) is 3.03. The minimum Gasteiger partial charge on any atom is -0.494 e. The van der Waals surface area contributed by atoms with Crippen molar-refractivity contribution in [1.82, 2.24) is 14.9 Å². The summed E-state index contributed by atoms with van der Waals surface area (Å²) in [6.07, 6.45) is 2.00. The zero-order chi connectivity index (χ0) is 18.1. The molecule has 1 N–H and O–H groups in total. The number of nitrogens with one attached hydrogen (secondary N) is 1. The second kappa shape index (κ2) is 6.78. The minimum absolute atomic E-state index is 0.155. The van der Waals surface area contributed by atoms with Crippen LogP contribution in [-0.4, -0.2) is 33.4 Å². The second-order valence-electron chi connectivity index (χ2n) is 6.49. The third-order valence-corrected chi connectivity index (χ3v) is 4.48. The van der Waals surface area contributed by atoms with Crippen molar-refractivity contribution < 1.29 is 13.9 Å². The van der Waals surface area contributed by atoms with Gasteiger partial charge in [0.25, 0.3) is 5.91 Å². The summed E-state index contributed by atoms with van der Waals surface area (Å²) in [4.78, 5) is 22.1. The van der Waals surface area contributed by atoms with Crippen LogP contribution in [0, 0.1) is 5.82 Å². The number of hydrogen-bond donors (Lipinski definition) is 1. The molecular formula is C20H20FN3O2. The van der Waals surface area contributed by atoms with E-state index < -0.39 is 0 Å². The minimum atomic E-state index is -0.353. The predicted octanol–water partition coefficient (Wildman–Crippen LogP) is 3.91. The highest BCUT2D eigenvalue weighted by molar-refractivity contribution is 5.94. The molecule has 1 aliphatic carbocycles. The van der Waals surface area contributed by atoms with Crippen LogP contribution in [0.3, 0.4) is 0 Å². The number of imidazole rings is 1. The molecule has 0 spiro atoms. The second-order valence-corrected chi connectivity index (χ2v) is 6.49. The van der Waals surface area contributed by atoms with Crippen molar-refractivity contribution in [1.29, 1.82) is 0 Å². The van der Waals surface area contributed by atoms with Crippen LogP contribution in [-0.2, 0) is 6.54 Å². The number of H-pyrrole nitrogens is 1. The Morgan fingerprint density at radius 2 is 2.04 bits per heavy atom. The number of carbonyl (C=O) groups is 1. The highest BCUT2D eigenvalue weighted by Crippen LogP contribution is 2.30. The molecule has 0 saturated heterocycles. The normalized spacial score (nSPS) is 13.8. The molecule has 4 rings (SSSR count). The standard InChI is InChI=1S/C20H20FN3O2/c1-2-26-16-8-3-13(4-9-16)12-24(15-6-7-15)20(25)19-22-17-10-5-14(21)11-18(17)23-19/h3-5,8-11,15H,2,6-7,12H2,1H3,(H,22,23). The van der Waals surface area contributed by atoms with Crippen LogP contribution in [0.4, 0.5) is 4.39 Å². The summed E-state index contributed by atoms with van der Waals surface area (Å²) in [5, 5.41) is 0. The number of aromatic amines is 1. The van der Waals surface area contributed by atoms with E-state index in [4.69, 9.17) is 4.74 Å². The van der Waals surface area contributed by atoms with Crippen molar-refractivity contribution in [2.75, 3.05) is 6.61 Å². The highest BCUT2D eigenvalue weighted by atomic mass is 19.1. The van der Waals surface area contributed by atoms with E-state index in [0.29, 0.717) is 24.2 Å². The van der Waals surface area contributed by atoms with Crippen molar-refractivity contribution in [2.24, 2.45) is 0 Å². The van der Waals surface area contributed by atoms with E-state index in [1.54, 1.807) is 6.07 Å². The van der Waals surface area contributed by atoms with Gasteiger partial charge < -0.3 is 14.6 Å². The molecule has 1 fully saturated rings. The molecule has 0 unspecified atom stereocenters. The quantitative estimate of drug-likeness (QED) is 0.731. The molecule has 1 amide bonds. The molecular weight excluding hydrogens is 333 g/mol. The number of halogens is 1. The Hall–Kier alpha value is -2.89. The summed E-state index contributed by atoms with van der Waals surface area (Å²) >= 11 is 0. The Labute approximate surface area is 150 Å². The van der Waals surface area contributed by atoms with Gasteiger partial charge in [-0.15, -0.1) is 0 Å². The molecule has 1 aliphatic rings. The van der Waals surface area contributed by atoms with Crippen LogP contribution in [0.5, 0.6) is 5.75 Å². The third-order valence-electron chi connectivity index (χ3n) is 4.48. The van der Waals surface area contributed by atoms with Gasteiger partial charge in [0.05, 0.1) is 17.6 Å². The Balaban J connectivity index is 1.56. The van der Waals surface area contributed by atoms with Gasteiger partial charge >= 0.3 is 0 Å². The SMILES string of the molecule is CCOc1ccc(CN(C(=O)c2nc3ccc(F)cc3[nH]2)C2CC2)cc1. The number of amides is 1. The van der Waals surface area contributed by atoms with Crippen LogP contribution in [0.2, 0.25) is 0 Å². The van der Waals surface area contributed by atoms with Gasteiger partial charge in [0.15, 0.2) is 5.82 Å². The monoisotopic (exact) mass is 353 g/mol. The van der Waals surface area contributed by atoms with Gasteiger partial charge in [0, 0.05) is 12.6 Å². The zero-order valence-electron chi connectivity index (χ0n) is 14.5. The van der Waals surface area contributed by atoms with E-state index in [9.17, 15) is 9.18 Å². The Morgan fingerprint density at radius 3 is 2.73 bits per heavy atom. The number of fused-ring (bicyclic) bond motifs is 1. The number of ether oxygens (including phenoxy) is 1. The molecule has 0 bridgehead atoms. The lowest BCUT2D eigenvalue weighted by atomic mass is 10.2. The van der Waals surface area contributed by atoms with E-state index in [2.05, 4.69) is 9.97 Å². The lowest BCUT2D eigenvalue weighted by molar-refractivity contribution is 0.0719. The maximum atomic E-state index is 13.4. The first-order valence-corrected chi connectivity index (χ1v) is 8.82. The van der Waals surface area contributed by atoms with Gasteiger partial charge in [-0.2, -0.15) is 0 Å². The van der Waals surface area contributed by atoms with Crippen LogP contribution in [0.25, 0.3) is 11.0 Å². The molecule has 2 aromatic carbocycles. The van der Waals surface area contributed by atoms with Crippen molar-refractivity contribution >= 4 is 16.9 Å². The van der Waals surface area contributed by atoms with Gasteiger partial charge in [-0.3, -0.25) is 4.79 Å².